The minimum absolute atomic E-state index is 0.0315. The van der Waals surface area contributed by atoms with Gasteiger partial charge in [0.15, 0.2) is 11.5 Å². The predicted molar refractivity (Wildman–Crippen MR) is 173 cm³/mol. The lowest BCUT2D eigenvalue weighted by Crippen LogP contribution is -2.35. The number of hydrogen-bond acceptors (Lipinski definition) is 6. The Morgan fingerprint density at radius 1 is 0.822 bits per heavy atom. The molecule has 0 saturated heterocycles. The van der Waals surface area contributed by atoms with Gasteiger partial charge in [0.05, 0.1) is 32.4 Å². The van der Waals surface area contributed by atoms with E-state index in [1.165, 1.54) is 0 Å². The van der Waals surface area contributed by atoms with Crippen LogP contribution in [0.15, 0.2) is 84.9 Å². The number of aryl methyl sites for hydroxylation is 1. The molecule has 1 N–H and O–H groups in total. The molecule has 0 atom stereocenters. The number of aromatic nitrogens is 1. The first-order valence-electron chi connectivity index (χ1n) is 14.9. The first kappa shape index (κ1) is 32.7. The van der Waals surface area contributed by atoms with Gasteiger partial charge in [0, 0.05) is 37.0 Å². The van der Waals surface area contributed by atoms with Crippen molar-refractivity contribution in [1.29, 1.82) is 0 Å². The average molecular weight is 610 g/mol. The quantitative estimate of drug-likeness (QED) is 0.190. The van der Waals surface area contributed by atoms with Crippen LogP contribution in [0.3, 0.4) is 0 Å². The van der Waals surface area contributed by atoms with Crippen LogP contribution in [-0.4, -0.2) is 71.5 Å². The van der Waals surface area contributed by atoms with E-state index in [0.29, 0.717) is 53.3 Å². The summed E-state index contributed by atoms with van der Waals surface area (Å²) < 4.78 is 11.1. The van der Waals surface area contributed by atoms with Crippen molar-refractivity contribution < 1.29 is 29.0 Å². The maximum absolute atomic E-state index is 14.1. The lowest BCUT2D eigenvalue weighted by Gasteiger charge is -2.24. The van der Waals surface area contributed by atoms with Gasteiger partial charge in [0.25, 0.3) is 11.8 Å². The summed E-state index contributed by atoms with van der Waals surface area (Å²) in [5.74, 6) is -0.294. The third-order valence-corrected chi connectivity index (χ3v) is 7.38. The molecule has 4 aromatic rings. The van der Waals surface area contributed by atoms with E-state index < -0.39 is 5.97 Å². The molecule has 234 valence electrons. The molecule has 0 aliphatic heterocycles. The summed E-state index contributed by atoms with van der Waals surface area (Å²) in [6.45, 7) is 4.91. The van der Waals surface area contributed by atoms with Crippen molar-refractivity contribution in [2.24, 2.45) is 0 Å². The number of aliphatic carboxylic acids is 1. The van der Waals surface area contributed by atoms with Crippen LogP contribution < -0.4 is 9.47 Å². The van der Waals surface area contributed by atoms with Gasteiger partial charge in [-0.25, -0.2) is 0 Å². The minimum atomic E-state index is -0.994. The van der Waals surface area contributed by atoms with Crippen LogP contribution in [0.5, 0.6) is 11.5 Å². The van der Waals surface area contributed by atoms with Crippen LogP contribution in [0.1, 0.15) is 51.0 Å². The number of carboxylic acids is 1. The summed E-state index contributed by atoms with van der Waals surface area (Å²) in [6, 6.07) is 25.6. The van der Waals surface area contributed by atoms with Gasteiger partial charge in [-0.2, -0.15) is 0 Å². The van der Waals surface area contributed by atoms with Crippen molar-refractivity contribution in [2.75, 3.05) is 33.9 Å². The largest absolute Gasteiger partial charge is 0.493 e. The van der Waals surface area contributed by atoms with Crippen molar-refractivity contribution >= 4 is 17.8 Å². The minimum Gasteiger partial charge on any atom is -0.493 e. The highest BCUT2D eigenvalue weighted by Gasteiger charge is 2.24. The van der Waals surface area contributed by atoms with Crippen LogP contribution in [0.25, 0.3) is 11.1 Å². The van der Waals surface area contributed by atoms with Crippen LogP contribution in [0, 0.1) is 6.92 Å². The Balaban J connectivity index is 1.63. The van der Waals surface area contributed by atoms with Gasteiger partial charge in [0.1, 0.15) is 0 Å². The van der Waals surface area contributed by atoms with Gasteiger partial charge in [-0.05, 0) is 73.4 Å². The van der Waals surface area contributed by atoms with E-state index >= 15 is 0 Å². The van der Waals surface area contributed by atoms with E-state index in [4.69, 9.17) is 9.47 Å². The number of rotatable bonds is 14. The highest BCUT2D eigenvalue weighted by molar-refractivity contribution is 6.06. The van der Waals surface area contributed by atoms with Crippen molar-refractivity contribution in [2.45, 2.75) is 33.2 Å². The van der Waals surface area contributed by atoms with E-state index in [1.807, 2.05) is 74.5 Å². The maximum atomic E-state index is 14.1. The SMILES string of the molecule is CCOc1cc(CCN(CCC(=O)O)C(=O)c2ccccc2-c2ccccc2C(=O)N(C)Cc2cccc(C)n2)ccc1OC. The molecule has 1 aromatic heterocycles. The number of methoxy groups -OCH3 is 1. The molecule has 0 aliphatic rings. The number of carbonyl (C=O) groups is 3. The molecule has 4 rings (SSSR count). The molecule has 1 heterocycles. The van der Waals surface area contributed by atoms with Crippen LogP contribution in [0.4, 0.5) is 0 Å². The number of hydrogen-bond donors (Lipinski definition) is 1. The van der Waals surface area contributed by atoms with E-state index in [2.05, 4.69) is 4.98 Å². The lowest BCUT2D eigenvalue weighted by atomic mass is 9.94. The smallest absolute Gasteiger partial charge is 0.305 e. The van der Waals surface area contributed by atoms with Crippen molar-refractivity contribution in [3.05, 3.63) is 113 Å². The van der Waals surface area contributed by atoms with E-state index in [0.717, 1.165) is 17.0 Å². The van der Waals surface area contributed by atoms with Gasteiger partial charge in [-0.1, -0.05) is 48.5 Å². The number of carbonyl (C=O) groups excluding carboxylic acids is 2. The molecular formula is C36H39N3O6. The van der Waals surface area contributed by atoms with Crippen molar-refractivity contribution in [3.8, 4) is 22.6 Å². The maximum Gasteiger partial charge on any atom is 0.305 e. The van der Waals surface area contributed by atoms with Crippen molar-refractivity contribution in [3.63, 3.8) is 0 Å². The molecule has 0 saturated carbocycles. The number of nitrogens with zero attached hydrogens (tertiary/aromatic N) is 3. The highest BCUT2D eigenvalue weighted by atomic mass is 16.5. The number of amides is 2. The van der Waals surface area contributed by atoms with Gasteiger partial charge in [-0.3, -0.25) is 19.4 Å². The standard InChI is InChI=1S/C36H39N3O6/c1-5-45-33-23-26(17-18-32(33)44-4)19-21-39(22-20-34(40)41)36(43)31-16-9-7-14-29(31)28-13-6-8-15-30(28)35(42)38(3)24-27-12-10-11-25(2)37-27/h6-18,23H,5,19-22,24H2,1-4H3,(H,40,41). The topological polar surface area (TPSA) is 109 Å². The summed E-state index contributed by atoms with van der Waals surface area (Å²) in [6.07, 6.45) is 0.276. The van der Waals surface area contributed by atoms with Crippen molar-refractivity contribution in [1.82, 2.24) is 14.8 Å². The summed E-state index contributed by atoms with van der Waals surface area (Å²) >= 11 is 0. The fourth-order valence-electron chi connectivity index (χ4n) is 5.14. The number of carboxylic acid groups (broad SMARTS) is 1. The third-order valence-electron chi connectivity index (χ3n) is 7.38. The molecule has 0 bridgehead atoms. The molecule has 45 heavy (non-hydrogen) atoms. The zero-order valence-electron chi connectivity index (χ0n) is 26.2. The molecule has 0 fully saturated rings. The van der Waals surface area contributed by atoms with Crippen LogP contribution >= 0.6 is 0 Å². The molecule has 3 aromatic carbocycles. The molecule has 0 spiro atoms. The number of benzene rings is 3. The Kier molecular flexibility index (Phi) is 11.3. The number of ether oxygens (including phenoxy) is 2. The molecule has 0 radical (unpaired) electrons. The zero-order valence-corrected chi connectivity index (χ0v) is 26.2. The fraction of sp³-hybridized carbons (Fsp3) is 0.278. The Hall–Kier alpha value is -5.18. The first-order chi connectivity index (χ1) is 21.7. The summed E-state index contributed by atoms with van der Waals surface area (Å²) in [4.78, 5) is 47.0. The monoisotopic (exact) mass is 609 g/mol. The Morgan fingerprint density at radius 2 is 1.49 bits per heavy atom. The average Bonchev–Trinajstić information content (AvgIpc) is 3.04. The summed E-state index contributed by atoms with van der Waals surface area (Å²) in [5, 5.41) is 9.44. The Bertz CT molecular complexity index is 1650. The molecule has 0 aliphatic carbocycles. The molecule has 9 heteroatoms. The molecule has 2 amide bonds. The molecule has 9 nitrogen and oxygen atoms in total. The molecular weight excluding hydrogens is 570 g/mol. The second-order valence-corrected chi connectivity index (χ2v) is 10.6. The van der Waals surface area contributed by atoms with Crippen LogP contribution in [0.2, 0.25) is 0 Å². The number of pyridine rings is 1. The molecule has 0 unspecified atom stereocenters. The Morgan fingerprint density at radius 3 is 2.11 bits per heavy atom. The van der Waals surface area contributed by atoms with E-state index in [1.54, 1.807) is 48.2 Å². The fourth-order valence-corrected chi connectivity index (χ4v) is 5.14. The van der Waals surface area contributed by atoms with E-state index in [9.17, 15) is 19.5 Å². The normalized spacial score (nSPS) is 10.7. The van der Waals surface area contributed by atoms with Gasteiger partial charge in [0.2, 0.25) is 0 Å². The van der Waals surface area contributed by atoms with Gasteiger partial charge >= 0.3 is 5.97 Å². The second kappa shape index (κ2) is 15.5. The second-order valence-electron chi connectivity index (χ2n) is 10.6. The van der Waals surface area contributed by atoms with Gasteiger partial charge in [-0.15, -0.1) is 0 Å². The Labute approximate surface area is 264 Å². The summed E-state index contributed by atoms with van der Waals surface area (Å²) in [7, 11) is 3.30. The lowest BCUT2D eigenvalue weighted by molar-refractivity contribution is -0.137. The zero-order chi connectivity index (χ0) is 32.3. The van der Waals surface area contributed by atoms with E-state index in [-0.39, 0.29) is 31.3 Å². The predicted octanol–water partition coefficient (Wildman–Crippen LogP) is 5.90. The summed E-state index contributed by atoms with van der Waals surface area (Å²) in [5.41, 5.74) is 4.61. The third kappa shape index (κ3) is 8.47. The van der Waals surface area contributed by atoms with Crippen LogP contribution in [-0.2, 0) is 17.8 Å². The highest BCUT2D eigenvalue weighted by Crippen LogP contribution is 2.30. The van der Waals surface area contributed by atoms with Gasteiger partial charge < -0.3 is 24.4 Å². The first-order valence-corrected chi connectivity index (χ1v) is 14.9.